The van der Waals surface area contributed by atoms with Crippen molar-refractivity contribution in [1.29, 1.82) is 0 Å². The Bertz CT molecular complexity index is 380. The Hall–Kier alpha value is -1.14. The van der Waals surface area contributed by atoms with Crippen LogP contribution in [0.4, 0.5) is 5.13 Å². The smallest absolute Gasteiger partial charge is 0.231 e. The summed E-state index contributed by atoms with van der Waals surface area (Å²) in [5.41, 5.74) is 5.28. The monoisotopic (exact) mass is 284 g/mol. The van der Waals surface area contributed by atoms with Gasteiger partial charge in [-0.25, -0.2) is 4.98 Å². The van der Waals surface area contributed by atoms with Gasteiger partial charge in [0.1, 0.15) is 0 Å². The van der Waals surface area contributed by atoms with Crippen LogP contribution in [0.3, 0.4) is 0 Å². The van der Waals surface area contributed by atoms with Crippen LogP contribution in [0.15, 0.2) is 6.20 Å². The summed E-state index contributed by atoms with van der Waals surface area (Å²) in [6.07, 6.45) is 5.15. The molecule has 0 atom stereocenters. The fraction of sp³-hybridized carbons (Fsp3) is 0.692. The van der Waals surface area contributed by atoms with E-state index in [1.54, 1.807) is 11.3 Å². The predicted octanol–water partition coefficient (Wildman–Crippen LogP) is 2.05. The number of carbonyl (C=O) groups is 1. The van der Waals surface area contributed by atoms with E-state index < -0.39 is 0 Å². The standard InChI is InChI=1S/C13H24N4OS/c1-3-5-7-17(10-12(14)18)9-11-8-16-13(19-11)15-6-4-2/h8H,3-7,9-10H2,1-2H3,(H2,14,18)(H,15,16). The van der Waals surface area contributed by atoms with Gasteiger partial charge in [-0.15, -0.1) is 11.3 Å². The summed E-state index contributed by atoms with van der Waals surface area (Å²) in [5.74, 6) is -0.273. The van der Waals surface area contributed by atoms with Gasteiger partial charge in [-0.1, -0.05) is 20.3 Å². The molecule has 1 rings (SSSR count). The summed E-state index contributed by atoms with van der Waals surface area (Å²) in [4.78, 5) is 18.6. The molecule has 0 saturated heterocycles. The molecule has 0 aromatic carbocycles. The highest BCUT2D eigenvalue weighted by Crippen LogP contribution is 2.19. The number of aromatic nitrogens is 1. The van der Waals surface area contributed by atoms with Crippen LogP contribution in [0, 0.1) is 0 Å². The Morgan fingerprint density at radius 1 is 1.47 bits per heavy atom. The third-order valence-corrected chi connectivity index (χ3v) is 3.61. The predicted molar refractivity (Wildman–Crippen MR) is 80.3 cm³/mol. The lowest BCUT2D eigenvalue weighted by Gasteiger charge is -2.19. The lowest BCUT2D eigenvalue weighted by atomic mass is 10.3. The molecule has 0 saturated carbocycles. The highest BCUT2D eigenvalue weighted by Gasteiger charge is 2.10. The zero-order chi connectivity index (χ0) is 14.1. The number of thiazole rings is 1. The van der Waals surface area contributed by atoms with E-state index in [1.807, 2.05) is 6.20 Å². The van der Waals surface area contributed by atoms with Gasteiger partial charge in [0.15, 0.2) is 5.13 Å². The molecule has 1 heterocycles. The van der Waals surface area contributed by atoms with Crippen LogP contribution in [0.2, 0.25) is 0 Å². The van der Waals surface area contributed by atoms with Gasteiger partial charge in [0.2, 0.25) is 5.91 Å². The van der Waals surface area contributed by atoms with Crippen molar-refractivity contribution in [1.82, 2.24) is 9.88 Å². The van der Waals surface area contributed by atoms with Crippen molar-refractivity contribution in [3.63, 3.8) is 0 Å². The van der Waals surface area contributed by atoms with E-state index in [4.69, 9.17) is 5.73 Å². The quantitative estimate of drug-likeness (QED) is 0.690. The summed E-state index contributed by atoms with van der Waals surface area (Å²) in [5, 5.41) is 4.22. The minimum Gasteiger partial charge on any atom is -0.369 e. The lowest BCUT2D eigenvalue weighted by Crippen LogP contribution is -2.33. The van der Waals surface area contributed by atoms with Crippen LogP contribution in [0.5, 0.6) is 0 Å². The average Bonchev–Trinajstić information content (AvgIpc) is 2.80. The Morgan fingerprint density at radius 2 is 2.26 bits per heavy atom. The zero-order valence-electron chi connectivity index (χ0n) is 11.8. The minimum atomic E-state index is -0.273. The van der Waals surface area contributed by atoms with Gasteiger partial charge < -0.3 is 11.1 Å². The van der Waals surface area contributed by atoms with Crippen molar-refractivity contribution >= 4 is 22.4 Å². The van der Waals surface area contributed by atoms with Crippen LogP contribution >= 0.6 is 11.3 Å². The second-order valence-corrected chi connectivity index (χ2v) is 5.70. The topological polar surface area (TPSA) is 71.2 Å². The summed E-state index contributed by atoms with van der Waals surface area (Å²) >= 11 is 1.65. The van der Waals surface area contributed by atoms with Crippen LogP contribution < -0.4 is 11.1 Å². The van der Waals surface area contributed by atoms with Crippen molar-refractivity contribution in [3.05, 3.63) is 11.1 Å². The maximum atomic E-state index is 11.1. The lowest BCUT2D eigenvalue weighted by molar-refractivity contribution is -0.119. The zero-order valence-corrected chi connectivity index (χ0v) is 12.6. The van der Waals surface area contributed by atoms with Crippen molar-refractivity contribution in [2.24, 2.45) is 5.73 Å². The number of carbonyl (C=O) groups excluding carboxylic acids is 1. The number of unbranched alkanes of at least 4 members (excludes halogenated alkanes) is 1. The van der Waals surface area contributed by atoms with Crippen LogP contribution in [-0.2, 0) is 11.3 Å². The average molecular weight is 284 g/mol. The normalized spacial score (nSPS) is 10.9. The van der Waals surface area contributed by atoms with Gasteiger partial charge in [-0.05, 0) is 19.4 Å². The molecule has 0 aliphatic heterocycles. The number of rotatable bonds is 10. The Kier molecular flexibility index (Phi) is 7.43. The summed E-state index contributed by atoms with van der Waals surface area (Å²) in [6.45, 7) is 7.16. The highest BCUT2D eigenvalue weighted by atomic mass is 32.1. The molecular formula is C13H24N4OS. The molecule has 5 nitrogen and oxygen atoms in total. The van der Waals surface area contributed by atoms with Gasteiger partial charge in [0.05, 0.1) is 6.54 Å². The third kappa shape index (κ3) is 6.54. The molecule has 19 heavy (non-hydrogen) atoms. The second-order valence-electron chi connectivity index (χ2n) is 4.59. The number of nitrogens with two attached hydrogens (primary N) is 1. The Labute approximate surface area is 119 Å². The largest absolute Gasteiger partial charge is 0.369 e. The molecule has 0 radical (unpaired) electrons. The number of primary amides is 1. The second kappa shape index (κ2) is 8.87. The number of anilines is 1. The first-order chi connectivity index (χ1) is 9.15. The molecule has 1 aromatic heterocycles. The first kappa shape index (κ1) is 15.9. The van der Waals surface area contributed by atoms with E-state index in [0.717, 1.165) is 48.9 Å². The summed E-state index contributed by atoms with van der Waals surface area (Å²) in [6, 6.07) is 0. The molecule has 1 amide bonds. The number of nitrogens with one attached hydrogen (secondary N) is 1. The summed E-state index contributed by atoms with van der Waals surface area (Å²) in [7, 11) is 0. The molecule has 3 N–H and O–H groups in total. The van der Waals surface area contributed by atoms with Crippen molar-refractivity contribution in [2.45, 2.75) is 39.7 Å². The van der Waals surface area contributed by atoms with E-state index in [-0.39, 0.29) is 5.91 Å². The van der Waals surface area contributed by atoms with Gasteiger partial charge in [-0.2, -0.15) is 0 Å². The fourth-order valence-electron chi connectivity index (χ4n) is 1.73. The minimum absolute atomic E-state index is 0.273. The van der Waals surface area contributed by atoms with Gasteiger partial charge in [0.25, 0.3) is 0 Å². The molecule has 6 heteroatoms. The first-order valence-corrected chi connectivity index (χ1v) is 7.66. The summed E-state index contributed by atoms with van der Waals surface area (Å²) < 4.78 is 0. The van der Waals surface area contributed by atoms with Crippen molar-refractivity contribution in [2.75, 3.05) is 25.0 Å². The molecular weight excluding hydrogens is 260 g/mol. The highest BCUT2D eigenvalue weighted by molar-refractivity contribution is 7.15. The number of hydrogen-bond donors (Lipinski definition) is 2. The number of amides is 1. The number of nitrogens with zero attached hydrogens (tertiary/aromatic N) is 2. The molecule has 0 bridgehead atoms. The molecule has 0 unspecified atom stereocenters. The molecule has 1 aromatic rings. The van der Waals surface area contributed by atoms with Crippen LogP contribution in [0.1, 0.15) is 38.0 Å². The van der Waals surface area contributed by atoms with E-state index in [0.29, 0.717) is 6.54 Å². The molecule has 0 fully saturated rings. The Balaban J connectivity index is 2.51. The van der Waals surface area contributed by atoms with Gasteiger partial charge >= 0.3 is 0 Å². The Morgan fingerprint density at radius 3 is 2.89 bits per heavy atom. The first-order valence-electron chi connectivity index (χ1n) is 6.85. The molecule has 0 aliphatic carbocycles. The maximum Gasteiger partial charge on any atom is 0.231 e. The van der Waals surface area contributed by atoms with E-state index in [1.165, 1.54) is 0 Å². The van der Waals surface area contributed by atoms with Gasteiger partial charge in [-0.3, -0.25) is 9.69 Å². The number of hydrogen-bond acceptors (Lipinski definition) is 5. The van der Waals surface area contributed by atoms with E-state index in [9.17, 15) is 4.79 Å². The van der Waals surface area contributed by atoms with E-state index >= 15 is 0 Å². The van der Waals surface area contributed by atoms with E-state index in [2.05, 4.69) is 29.0 Å². The molecule has 0 aliphatic rings. The van der Waals surface area contributed by atoms with Crippen LogP contribution in [0.25, 0.3) is 0 Å². The molecule has 108 valence electrons. The van der Waals surface area contributed by atoms with Crippen molar-refractivity contribution < 1.29 is 4.79 Å². The molecule has 0 spiro atoms. The fourth-order valence-corrected chi connectivity index (χ4v) is 2.61. The maximum absolute atomic E-state index is 11.1. The third-order valence-electron chi connectivity index (χ3n) is 2.67. The SMILES string of the molecule is CCCCN(CC(N)=O)Cc1cnc(NCCC)s1. The van der Waals surface area contributed by atoms with Gasteiger partial charge in [0, 0.05) is 24.2 Å². The van der Waals surface area contributed by atoms with Crippen LogP contribution in [-0.4, -0.2) is 35.4 Å². The van der Waals surface area contributed by atoms with Crippen molar-refractivity contribution in [3.8, 4) is 0 Å².